The molecule has 4 nitrogen and oxygen atoms in total. The zero-order valence-corrected chi connectivity index (χ0v) is 13.0. The molecule has 3 aromatic rings. The Morgan fingerprint density at radius 2 is 1.70 bits per heavy atom. The minimum atomic E-state index is -0.584. The van der Waals surface area contributed by atoms with Crippen LogP contribution in [0.4, 0.5) is 0 Å². The van der Waals surface area contributed by atoms with Crippen molar-refractivity contribution in [2.75, 3.05) is 0 Å². The fraction of sp³-hybridized carbons (Fsp3) is 0.158. The highest BCUT2D eigenvalue weighted by Crippen LogP contribution is 2.26. The van der Waals surface area contributed by atoms with Crippen LogP contribution in [0.25, 0.3) is 10.9 Å². The van der Waals surface area contributed by atoms with Gasteiger partial charge in [-0.1, -0.05) is 50.2 Å². The number of H-pyrrole nitrogens is 1. The Balaban J connectivity index is 2.12. The molecular weight excluding hydrogens is 290 g/mol. The molecule has 0 saturated heterocycles. The lowest BCUT2D eigenvalue weighted by atomic mass is 9.97. The standard InChI is InChI=1S/C19H17NO3/c1-11(2)12-7-9-13(10-8-12)17(21)16-18(22)14-5-3-4-6-15(14)20-19(16)23/h3-11H,1-2H3,(H2,20,22,23). The molecule has 1 aromatic heterocycles. The minimum absolute atomic E-state index is 0.221. The van der Waals surface area contributed by atoms with Crippen molar-refractivity contribution in [2.24, 2.45) is 0 Å². The number of para-hydroxylation sites is 1. The normalized spacial score (nSPS) is 11.1. The largest absolute Gasteiger partial charge is 0.506 e. The summed E-state index contributed by atoms with van der Waals surface area (Å²) in [5.74, 6) is -0.399. The van der Waals surface area contributed by atoms with E-state index in [9.17, 15) is 14.7 Å². The van der Waals surface area contributed by atoms with Gasteiger partial charge >= 0.3 is 0 Å². The van der Waals surface area contributed by atoms with Crippen molar-refractivity contribution in [3.63, 3.8) is 0 Å². The lowest BCUT2D eigenvalue weighted by Crippen LogP contribution is -2.18. The Morgan fingerprint density at radius 3 is 2.35 bits per heavy atom. The number of aromatic nitrogens is 1. The van der Waals surface area contributed by atoms with Gasteiger partial charge in [0, 0.05) is 10.9 Å². The third kappa shape index (κ3) is 2.63. The molecule has 1 heterocycles. The molecule has 0 aliphatic heterocycles. The molecule has 0 saturated carbocycles. The second kappa shape index (κ2) is 5.72. The van der Waals surface area contributed by atoms with Gasteiger partial charge in [-0.2, -0.15) is 0 Å². The van der Waals surface area contributed by atoms with E-state index in [1.165, 1.54) is 0 Å². The van der Waals surface area contributed by atoms with E-state index in [4.69, 9.17) is 0 Å². The summed E-state index contributed by atoms with van der Waals surface area (Å²) in [7, 11) is 0. The number of aromatic amines is 1. The Kier molecular flexibility index (Phi) is 3.74. The molecule has 0 atom stereocenters. The molecule has 0 bridgehead atoms. The number of nitrogens with one attached hydrogen (secondary N) is 1. The van der Waals surface area contributed by atoms with E-state index in [0.717, 1.165) is 5.56 Å². The van der Waals surface area contributed by atoms with Crippen LogP contribution in [-0.4, -0.2) is 15.9 Å². The number of aromatic hydroxyl groups is 1. The average Bonchev–Trinajstić information content (AvgIpc) is 2.54. The fourth-order valence-corrected chi connectivity index (χ4v) is 2.60. The van der Waals surface area contributed by atoms with Crippen molar-refractivity contribution in [2.45, 2.75) is 19.8 Å². The molecule has 0 amide bonds. The smallest absolute Gasteiger partial charge is 0.263 e. The Bertz CT molecular complexity index is 937. The number of fused-ring (bicyclic) bond motifs is 1. The van der Waals surface area contributed by atoms with E-state index in [1.54, 1.807) is 36.4 Å². The number of carbonyl (C=O) groups is 1. The first-order valence-corrected chi connectivity index (χ1v) is 7.47. The second-order valence-corrected chi connectivity index (χ2v) is 5.83. The number of benzene rings is 2. The van der Waals surface area contributed by atoms with Gasteiger partial charge < -0.3 is 10.1 Å². The van der Waals surface area contributed by atoms with Crippen molar-refractivity contribution >= 4 is 16.7 Å². The highest BCUT2D eigenvalue weighted by Gasteiger charge is 2.20. The minimum Gasteiger partial charge on any atom is -0.506 e. The molecule has 0 aliphatic carbocycles. The number of ketones is 1. The first-order valence-electron chi connectivity index (χ1n) is 7.47. The SMILES string of the molecule is CC(C)c1ccc(C(=O)c2c(O)c3ccccc3[nH]c2=O)cc1. The topological polar surface area (TPSA) is 70.2 Å². The molecular formula is C19H17NO3. The highest BCUT2D eigenvalue weighted by molar-refractivity contribution is 6.12. The molecule has 0 radical (unpaired) electrons. The molecule has 23 heavy (non-hydrogen) atoms. The summed E-state index contributed by atoms with van der Waals surface area (Å²) >= 11 is 0. The van der Waals surface area contributed by atoms with Crippen molar-refractivity contribution in [3.05, 3.63) is 75.6 Å². The number of hydrogen-bond acceptors (Lipinski definition) is 3. The van der Waals surface area contributed by atoms with E-state index in [1.807, 2.05) is 12.1 Å². The predicted molar refractivity (Wildman–Crippen MR) is 90.2 cm³/mol. The Morgan fingerprint density at radius 1 is 1.04 bits per heavy atom. The first-order chi connectivity index (χ1) is 11.0. The number of pyridine rings is 1. The van der Waals surface area contributed by atoms with E-state index < -0.39 is 11.3 Å². The molecule has 3 rings (SSSR count). The van der Waals surface area contributed by atoms with Crippen molar-refractivity contribution in [3.8, 4) is 5.75 Å². The summed E-state index contributed by atoms with van der Waals surface area (Å²) < 4.78 is 0. The van der Waals surface area contributed by atoms with Gasteiger partial charge in [0.05, 0.1) is 5.52 Å². The summed E-state index contributed by atoms with van der Waals surface area (Å²) in [4.78, 5) is 27.5. The van der Waals surface area contributed by atoms with Crippen LogP contribution in [0.15, 0.2) is 53.3 Å². The third-order valence-electron chi connectivity index (χ3n) is 3.96. The van der Waals surface area contributed by atoms with Crippen LogP contribution < -0.4 is 5.56 Å². The summed E-state index contributed by atoms with van der Waals surface area (Å²) in [5.41, 5.74) is 1.19. The molecule has 2 aromatic carbocycles. The molecule has 0 spiro atoms. The van der Waals surface area contributed by atoms with Crippen LogP contribution in [0, 0.1) is 0 Å². The van der Waals surface area contributed by atoms with Crippen molar-refractivity contribution in [1.82, 2.24) is 4.98 Å². The first kappa shape index (κ1) is 15.0. The van der Waals surface area contributed by atoms with Crippen molar-refractivity contribution < 1.29 is 9.90 Å². The van der Waals surface area contributed by atoms with E-state index >= 15 is 0 Å². The number of hydrogen-bond donors (Lipinski definition) is 2. The summed E-state index contributed by atoms with van der Waals surface area (Å²) in [6.45, 7) is 4.13. The molecule has 116 valence electrons. The average molecular weight is 307 g/mol. The Hall–Kier alpha value is -2.88. The summed E-state index contributed by atoms with van der Waals surface area (Å²) in [6, 6.07) is 13.9. The van der Waals surface area contributed by atoms with Crippen LogP contribution in [0.1, 0.15) is 41.3 Å². The summed E-state index contributed by atoms with van der Waals surface area (Å²) in [5, 5.41) is 10.8. The number of carbonyl (C=O) groups excluding carboxylic acids is 1. The van der Waals surface area contributed by atoms with Crippen molar-refractivity contribution in [1.29, 1.82) is 0 Å². The monoisotopic (exact) mass is 307 g/mol. The molecule has 4 heteroatoms. The zero-order chi connectivity index (χ0) is 16.6. The maximum absolute atomic E-state index is 12.6. The number of rotatable bonds is 3. The maximum atomic E-state index is 12.6. The van der Waals surface area contributed by atoms with E-state index in [2.05, 4.69) is 18.8 Å². The van der Waals surface area contributed by atoms with Gasteiger partial charge in [-0.05, 0) is 23.6 Å². The van der Waals surface area contributed by atoms with Gasteiger partial charge in [-0.15, -0.1) is 0 Å². The molecule has 0 fully saturated rings. The summed E-state index contributed by atoms with van der Waals surface area (Å²) in [6.07, 6.45) is 0. The van der Waals surface area contributed by atoms with Crippen LogP contribution >= 0.6 is 0 Å². The van der Waals surface area contributed by atoms with Crippen LogP contribution in [-0.2, 0) is 0 Å². The predicted octanol–water partition coefficient (Wildman–Crippen LogP) is 3.59. The van der Waals surface area contributed by atoms with Gasteiger partial charge in [0.15, 0.2) is 0 Å². The van der Waals surface area contributed by atoms with E-state index in [0.29, 0.717) is 22.4 Å². The van der Waals surface area contributed by atoms with E-state index in [-0.39, 0.29) is 11.3 Å². The van der Waals surface area contributed by atoms with Gasteiger partial charge in [-0.3, -0.25) is 9.59 Å². The molecule has 0 aliphatic rings. The lowest BCUT2D eigenvalue weighted by Gasteiger charge is -2.08. The molecule has 0 unspecified atom stereocenters. The Labute approximate surface area is 133 Å². The van der Waals surface area contributed by atoms with Crippen LogP contribution in [0.5, 0.6) is 5.75 Å². The zero-order valence-electron chi connectivity index (χ0n) is 13.0. The van der Waals surface area contributed by atoms with Gasteiger partial charge in [0.1, 0.15) is 11.3 Å². The lowest BCUT2D eigenvalue weighted by molar-refractivity contribution is 0.103. The van der Waals surface area contributed by atoms with Crippen LogP contribution in [0.2, 0.25) is 0 Å². The third-order valence-corrected chi connectivity index (χ3v) is 3.96. The quantitative estimate of drug-likeness (QED) is 0.726. The van der Waals surface area contributed by atoms with Gasteiger partial charge in [-0.25, -0.2) is 0 Å². The highest BCUT2D eigenvalue weighted by atomic mass is 16.3. The van der Waals surface area contributed by atoms with Gasteiger partial charge in [0.25, 0.3) is 5.56 Å². The second-order valence-electron chi connectivity index (χ2n) is 5.83. The maximum Gasteiger partial charge on any atom is 0.263 e. The van der Waals surface area contributed by atoms with Crippen LogP contribution in [0.3, 0.4) is 0 Å². The van der Waals surface area contributed by atoms with Gasteiger partial charge in [0.2, 0.25) is 5.78 Å². The molecule has 2 N–H and O–H groups in total. The fourth-order valence-electron chi connectivity index (χ4n) is 2.60.